The summed E-state index contributed by atoms with van der Waals surface area (Å²) in [5, 5.41) is 8.60. The molecule has 2 aromatic rings. The van der Waals surface area contributed by atoms with E-state index in [-0.39, 0.29) is 11.9 Å². The second kappa shape index (κ2) is 6.28. The average molecular weight is 315 g/mol. The molecule has 1 N–H and O–H groups in total. The summed E-state index contributed by atoms with van der Waals surface area (Å²) in [7, 11) is 1.96. The molecule has 124 valence electrons. The van der Waals surface area contributed by atoms with Crippen LogP contribution in [0, 0.1) is 6.92 Å². The number of nitrogens with zero attached hydrogens (tertiary/aromatic N) is 4. The normalized spacial score (nSPS) is 18.8. The quantitative estimate of drug-likeness (QED) is 0.942. The number of piperidine rings is 1. The van der Waals surface area contributed by atoms with Gasteiger partial charge < -0.3 is 10.2 Å². The maximum Gasteiger partial charge on any atom is 0.255 e. The van der Waals surface area contributed by atoms with E-state index in [1.807, 2.05) is 29.6 Å². The van der Waals surface area contributed by atoms with Crippen molar-refractivity contribution in [3.8, 4) is 0 Å². The molecule has 6 heteroatoms. The standard InChI is InChI=1S/C17H25N5O/c1-11(2)22-16-13(9-19-22)8-15(12(3)20-16)17(23)21-7-5-6-14(10-21)18-4/h8-9,11,14,18H,5-7,10H2,1-4H3. The Morgan fingerprint density at radius 3 is 2.91 bits per heavy atom. The van der Waals surface area contributed by atoms with Crippen molar-refractivity contribution in [1.82, 2.24) is 25.0 Å². The topological polar surface area (TPSA) is 63.1 Å². The number of fused-ring (bicyclic) bond motifs is 1. The van der Waals surface area contributed by atoms with Crippen molar-refractivity contribution in [1.29, 1.82) is 0 Å². The Balaban J connectivity index is 1.93. The van der Waals surface area contributed by atoms with E-state index in [9.17, 15) is 4.79 Å². The fourth-order valence-corrected chi connectivity index (χ4v) is 3.23. The number of hydrogen-bond donors (Lipinski definition) is 1. The molecule has 1 saturated heterocycles. The van der Waals surface area contributed by atoms with Gasteiger partial charge in [-0.1, -0.05) is 0 Å². The van der Waals surface area contributed by atoms with Crippen LogP contribution >= 0.6 is 0 Å². The molecule has 0 saturated carbocycles. The van der Waals surface area contributed by atoms with E-state index >= 15 is 0 Å². The number of aryl methyl sites for hydroxylation is 1. The number of nitrogens with one attached hydrogen (secondary N) is 1. The highest BCUT2D eigenvalue weighted by molar-refractivity contribution is 5.98. The Morgan fingerprint density at radius 2 is 2.22 bits per heavy atom. The van der Waals surface area contributed by atoms with Gasteiger partial charge in [-0.2, -0.15) is 5.10 Å². The lowest BCUT2D eigenvalue weighted by Gasteiger charge is -2.32. The van der Waals surface area contributed by atoms with Gasteiger partial charge in [-0.05, 0) is 46.7 Å². The van der Waals surface area contributed by atoms with Crippen LogP contribution in [0.4, 0.5) is 0 Å². The van der Waals surface area contributed by atoms with E-state index in [1.54, 1.807) is 6.20 Å². The lowest BCUT2D eigenvalue weighted by Crippen LogP contribution is -2.47. The van der Waals surface area contributed by atoms with Crippen molar-refractivity contribution in [3.63, 3.8) is 0 Å². The van der Waals surface area contributed by atoms with E-state index in [4.69, 9.17) is 0 Å². The predicted octanol–water partition coefficient (Wildman–Crippen LogP) is 2.14. The Labute approximate surface area is 136 Å². The maximum atomic E-state index is 12.9. The van der Waals surface area contributed by atoms with Gasteiger partial charge in [0.25, 0.3) is 5.91 Å². The molecule has 1 unspecified atom stereocenters. The number of likely N-dealkylation sites (N-methyl/N-ethyl adjacent to an activating group) is 1. The monoisotopic (exact) mass is 315 g/mol. The van der Waals surface area contributed by atoms with Gasteiger partial charge >= 0.3 is 0 Å². The van der Waals surface area contributed by atoms with Gasteiger partial charge in [0, 0.05) is 30.6 Å². The smallest absolute Gasteiger partial charge is 0.255 e. The highest BCUT2D eigenvalue weighted by atomic mass is 16.2. The van der Waals surface area contributed by atoms with Crippen molar-refractivity contribution in [3.05, 3.63) is 23.5 Å². The molecule has 0 radical (unpaired) electrons. The molecule has 0 aromatic carbocycles. The minimum absolute atomic E-state index is 0.0779. The highest BCUT2D eigenvalue weighted by Crippen LogP contribution is 2.21. The van der Waals surface area contributed by atoms with Crippen molar-refractivity contribution in [2.24, 2.45) is 0 Å². The number of pyridine rings is 1. The summed E-state index contributed by atoms with van der Waals surface area (Å²) >= 11 is 0. The van der Waals surface area contributed by atoms with Crippen molar-refractivity contribution in [2.75, 3.05) is 20.1 Å². The molecule has 1 amide bonds. The number of hydrogen-bond acceptors (Lipinski definition) is 4. The van der Waals surface area contributed by atoms with Crippen LogP contribution < -0.4 is 5.32 Å². The molecule has 1 atom stereocenters. The Bertz CT molecular complexity index is 721. The molecule has 1 aliphatic rings. The van der Waals surface area contributed by atoms with Crippen LogP contribution in [0.2, 0.25) is 0 Å². The van der Waals surface area contributed by atoms with Gasteiger partial charge in [0.05, 0.1) is 17.5 Å². The molecule has 6 nitrogen and oxygen atoms in total. The molecule has 3 rings (SSSR count). The minimum Gasteiger partial charge on any atom is -0.337 e. The van der Waals surface area contributed by atoms with Crippen LogP contribution in [0.3, 0.4) is 0 Å². The summed E-state index contributed by atoms with van der Waals surface area (Å²) in [6, 6.07) is 2.57. The van der Waals surface area contributed by atoms with Gasteiger partial charge in [0.15, 0.2) is 5.65 Å². The third kappa shape index (κ3) is 2.95. The third-order valence-corrected chi connectivity index (χ3v) is 4.60. The first-order chi connectivity index (χ1) is 11.0. The lowest BCUT2D eigenvalue weighted by atomic mass is 10.0. The first-order valence-electron chi connectivity index (χ1n) is 8.32. The summed E-state index contributed by atoms with van der Waals surface area (Å²) in [6.07, 6.45) is 3.96. The van der Waals surface area contributed by atoms with Crippen molar-refractivity contribution in [2.45, 2.75) is 45.7 Å². The van der Waals surface area contributed by atoms with E-state index in [1.165, 1.54) is 0 Å². The number of amides is 1. The molecular weight excluding hydrogens is 290 g/mol. The lowest BCUT2D eigenvalue weighted by molar-refractivity contribution is 0.0697. The minimum atomic E-state index is 0.0779. The van der Waals surface area contributed by atoms with E-state index < -0.39 is 0 Å². The molecular formula is C17H25N5O. The van der Waals surface area contributed by atoms with Gasteiger partial charge in [0.1, 0.15) is 0 Å². The molecule has 23 heavy (non-hydrogen) atoms. The molecule has 0 bridgehead atoms. The number of carbonyl (C=O) groups excluding carboxylic acids is 1. The summed E-state index contributed by atoms with van der Waals surface area (Å²) in [5.41, 5.74) is 2.31. The number of carbonyl (C=O) groups is 1. The van der Waals surface area contributed by atoms with E-state index in [2.05, 4.69) is 29.2 Å². The van der Waals surface area contributed by atoms with Crippen molar-refractivity contribution < 1.29 is 4.79 Å². The predicted molar refractivity (Wildman–Crippen MR) is 90.6 cm³/mol. The van der Waals surface area contributed by atoms with Gasteiger partial charge in [0.2, 0.25) is 0 Å². The highest BCUT2D eigenvalue weighted by Gasteiger charge is 2.25. The van der Waals surface area contributed by atoms with Crippen LogP contribution in [0.1, 0.15) is 48.8 Å². The molecule has 0 spiro atoms. The van der Waals surface area contributed by atoms with E-state index in [0.717, 1.165) is 42.7 Å². The second-order valence-electron chi connectivity index (χ2n) is 6.60. The molecule has 2 aromatic heterocycles. The fraction of sp³-hybridized carbons (Fsp3) is 0.588. The molecule has 0 aliphatic carbocycles. The van der Waals surface area contributed by atoms with Crippen LogP contribution in [0.5, 0.6) is 0 Å². The van der Waals surface area contributed by atoms with Gasteiger partial charge in [-0.3, -0.25) is 4.79 Å². The second-order valence-corrected chi connectivity index (χ2v) is 6.60. The molecule has 1 fully saturated rings. The largest absolute Gasteiger partial charge is 0.337 e. The zero-order valence-electron chi connectivity index (χ0n) is 14.3. The number of aromatic nitrogens is 3. The van der Waals surface area contributed by atoms with E-state index in [0.29, 0.717) is 11.6 Å². The fourth-order valence-electron chi connectivity index (χ4n) is 3.23. The summed E-state index contributed by atoms with van der Waals surface area (Å²) in [4.78, 5) is 19.5. The van der Waals surface area contributed by atoms with Crippen molar-refractivity contribution >= 4 is 16.9 Å². The van der Waals surface area contributed by atoms with Crippen LogP contribution in [0.15, 0.2) is 12.3 Å². The van der Waals surface area contributed by atoms with Gasteiger partial charge in [-0.25, -0.2) is 9.67 Å². The Morgan fingerprint density at radius 1 is 1.43 bits per heavy atom. The maximum absolute atomic E-state index is 12.9. The molecule has 1 aliphatic heterocycles. The zero-order valence-corrected chi connectivity index (χ0v) is 14.3. The first-order valence-corrected chi connectivity index (χ1v) is 8.32. The average Bonchev–Trinajstić information content (AvgIpc) is 2.96. The van der Waals surface area contributed by atoms with Gasteiger partial charge in [-0.15, -0.1) is 0 Å². The summed E-state index contributed by atoms with van der Waals surface area (Å²) in [6.45, 7) is 7.64. The third-order valence-electron chi connectivity index (χ3n) is 4.60. The number of likely N-dealkylation sites (tertiary alicyclic amines) is 1. The summed E-state index contributed by atoms with van der Waals surface area (Å²) in [5.74, 6) is 0.0779. The SMILES string of the molecule is CNC1CCCN(C(=O)c2cc3cnn(C(C)C)c3nc2C)C1. The zero-order chi connectivity index (χ0) is 16.6. The molecule has 3 heterocycles. The summed E-state index contributed by atoms with van der Waals surface area (Å²) < 4.78 is 1.90. The van der Waals surface area contributed by atoms with Crippen LogP contribution in [-0.2, 0) is 0 Å². The van der Waals surface area contributed by atoms with Crippen LogP contribution in [-0.4, -0.2) is 51.8 Å². The number of rotatable bonds is 3. The Hall–Kier alpha value is -1.95. The Kier molecular flexibility index (Phi) is 4.35. The van der Waals surface area contributed by atoms with Crippen LogP contribution in [0.25, 0.3) is 11.0 Å². The first kappa shape index (κ1) is 15.9.